The Bertz CT molecular complexity index is 6880. The lowest BCUT2D eigenvalue weighted by Gasteiger charge is -2.35. The Morgan fingerprint density at radius 2 is 0.500 bits per heavy atom. The molecule has 0 fully saturated rings. The van der Waals surface area contributed by atoms with Crippen LogP contribution in [0.4, 0.5) is 68.2 Å². The molecular weight excluding hydrogens is 1420 g/mol. The molecule has 112 heavy (non-hydrogen) atoms. The minimum absolute atomic E-state index is 0.0395. The average molecular weight is 1490 g/mol. The molecule has 0 saturated carbocycles. The summed E-state index contributed by atoms with van der Waals surface area (Å²) in [7, 11) is -6.34. The van der Waals surface area contributed by atoms with E-state index in [1.807, 2.05) is 223 Å². The van der Waals surface area contributed by atoms with Crippen LogP contribution in [0.25, 0.3) is 88.4 Å². The highest BCUT2D eigenvalue weighted by atomic mass is 32.2. The maximum atomic E-state index is 14.0. The standard InChI is InChI=1S/C50H32N2O5S2.C49H34N2O2/c1-58(54)46-14-6-2-10-40(46)51(41-11-3-7-15-47(41)58)36-26-20-33(21-27-36)35-22-28-38-45(31-35)57-44-29-23-34(30-39(44)50(38)53)32-18-24-37(25-19-32)52-42-12-4-8-16-48(42)59(55,56)49-17-9-5-13-43(49)52;52-49-45-31-25-38(36-23-29-44(30-24-36)51(41-17-9-3-10-18-41)42-19-11-4-12-20-42)34-48(45)53-47-32-26-37(33-46(47)49)35-21-27-43(28-22-35)50(39-13-5-1-6-14-39)40-15-7-2-8-16-40/h2-31H,1H2;1-34H. The molecule has 18 aromatic rings. The van der Waals surface area contributed by atoms with E-state index in [0.29, 0.717) is 65.0 Å². The SMILES string of the molecule is C=S1(=O)c2ccccc2N(c2ccc(-c3ccc4c(=O)c5cc(-c6ccc(N7c8ccccc8S(=O)(=O)c8ccccc87)cc6)ccc5oc4c3)cc2)c2ccccc21.O=c1c2ccc(-c3ccc(N(c4ccccc4)c4ccccc4)cc3)cc2oc2ccc(-c3ccc(N(c4ccccc4)c4ccccc4)cc3)cc12. The van der Waals surface area contributed by atoms with Gasteiger partial charge >= 0.3 is 0 Å². The molecule has 20 rings (SSSR count). The topological polar surface area (TPSA) is 125 Å². The van der Waals surface area contributed by atoms with E-state index < -0.39 is 19.4 Å². The summed E-state index contributed by atoms with van der Waals surface area (Å²) in [5, 5.41) is 2.09. The number of benzene rings is 16. The largest absolute Gasteiger partial charge is 0.456 e. The zero-order valence-electron chi connectivity index (χ0n) is 60.1. The molecule has 536 valence electrons. The Labute approximate surface area is 646 Å². The van der Waals surface area contributed by atoms with Crippen molar-refractivity contribution in [2.45, 2.75) is 19.6 Å². The summed E-state index contributed by atoms with van der Waals surface area (Å²) in [6, 6.07) is 127. The Balaban J connectivity index is 0.000000152. The van der Waals surface area contributed by atoms with E-state index in [1.54, 1.807) is 24.3 Å². The van der Waals surface area contributed by atoms with E-state index in [0.717, 1.165) is 101 Å². The van der Waals surface area contributed by atoms with Gasteiger partial charge in [-0.3, -0.25) is 13.8 Å². The molecule has 0 spiro atoms. The van der Waals surface area contributed by atoms with Gasteiger partial charge in [-0.05, 0) is 245 Å². The van der Waals surface area contributed by atoms with Gasteiger partial charge in [-0.1, -0.05) is 194 Å². The molecule has 0 N–H and O–H groups in total. The maximum Gasteiger partial charge on any atom is 0.210 e. The van der Waals surface area contributed by atoms with E-state index in [4.69, 9.17) is 8.83 Å². The molecule has 11 nitrogen and oxygen atoms in total. The highest BCUT2D eigenvalue weighted by Gasteiger charge is 2.35. The van der Waals surface area contributed by atoms with Gasteiger partial charge in [0, 0.05) is 55.0 Å². The van der Waals surface area contributed by atoms with Crippen molar-refractivity contribution in [2.75, 3.05) is 19.6 Å². The van der Waals surface area contributed by atoms with Crippen molar-refractivity contribution in [3.8, 4) is 44.5 Å². The molecule has 2 aliphatic rings. The predicted molar refractivity (Wildman–Crippen MR) is 458 cm³/mol. The molecule has 2 aromatic heterocycles. The smallest absolute Gasteiger partial charge is 0.210 e. The van der Waals surface area contributed by atoms with Crippen LogP contribution in [0, 0.1) is 0 Å². The second-order valence-corrected chi connectivity index (χ2v) is 31.7. The third-order valence-corrected chi connectivity index (χ3v) is 24.9. The number of para-hydroxylation sites is 8. The minimum atomic E-state index is -3.67. The molecule has 0 bridgehead atoms. The van der Waals surface area contributed by atoms with Crippen molar-refractivity contribution in [2.24, 2.45) is 0 Å². The molecule has 13 heteroatoms. The van der Waals surface area contributed by atoms with Gasteiger partial charge in [0.15, 0.2) is 0 Å². The van der Waals surface area contributed by atoms with E-state index in [1.165, 1.54) is 0 Å². The fourth-order valence-electron chi connectivity index (χ4n) is 15.5. The highest BCUT2D eigenvalue weighted by molar-refractivity contribution is 8.00. The third kappa shape index (κ3) is 12.1. The van der Waals surface area contributed by atoms with Crippen LogP contribution >= 0.6 is 0 Å². The van der Waals surface area contributed by atoms with Crippen LogP contribution in [0.3, 0.4) is 0 Å². The first-order valence-corrected chi connectivity index (χ1v) is 39.9. The second kappa shape index (κ2) is 28.0. The number of hydrogen-bond donors (Lipinski definition) is 0. The number of rotatable bonds is 12. The molecular formula is C99H66N4O7S2. The van der Waals surface area contributed by atoms with Gasteiger partial charge in [0.05, 0.1) is 63.9 Å². The lowest BCUT2D eigenvalue weighted by Crippen LogP contribution is -2.21. The number of fused-ring (bicyclic) bond motifs is 8. The zero-order chi connectivity index (χ0) is 75.6. The second-order valence-electron chi connectivity index (χ2n) is 27.6. The summed E-state index contributed by atoms with van der Waals surface area (Å²) in [5.74, 6) is 4.15. The van der Waals surface area contributed by atoms with Crippen molar-refractivity contribution < 1.29 is 21.5 Å². The zero-order valence-corrected chi connectivity index (χ0v) is 61.8. The highest BCUT2D eigenvalue weighted by Crippen LogP contribution is 2.51. The monoisotopic (exact) mass is 1490 g/mol. The van der Waals surface area contributed by atoms with Crippen LogP contribution in [0.2, 0.25) is 0 Å². The van der Waals surface area contributed by atoms with Gasteiger partial charge in [-0.15, -0.1) is 0 Å². The molecule has 0 atom stereocenters. The lowest BCUT2D eigenvalue weighted by molar-refractivity contribution is 0.595. The predicted octanol–water partition coefficient (Wildman–Crippen LogP) is 25.0. The van der Waals surface area contributed by atoms with Crippen molar-refractivity contribution in [1.82, 2.24) is 0 Å². The minimum Gasteiger partial charge on any atom is -0.456 e. The Kier molecular flexibility index (Phi) is 17.0. The van der Waals surface area contributed by atoms with E-state index in [2.05, 4.69) is 166 Å². The Hall–Kier alpha value is -14.4. The van der Waals surface area contributed by atoms with Crippen LogP contribution in [-0.2, 0) is 19.4 Å². The molecule has 16 aromatic carbocycles. The molecule has 4 heterocycles. The average Bonchev–Trinajstić information content (AvgIpc) is 0.735. The molecule has 0 unspecified atom stereocenters. The molecule has 0 radical (unpaired) electrons. The first-order chi connectivity index (χ1) is 54.9. The van der Waals surface area contributed by atoms with Gasteiger partial charge in [0.1, 0.15) is 22.3 Å². The number of nitrogens with zero attached hydrogens (tertiary/aromatic N) is 4. The molecule has 0 amide bonds. The van der Waals surface area contributed by atoms with E-state index in [9.17, 15) is 22.2 Å². The molecule has 0 saturated heterocycles. The summed E-state index contributed by atoms with van der Waals surface area (Å²) in [5.41, 5.74) is 20.6. The van der Waals surface area contributed by atoms with Crippen molar-refractivity contribution in [3.63, 3.8) is 0 Å². The first kappa shape index (κ1) is 68.2. The van der Waals surface area contributed by atoms with E-state index in [-0.39, 0.29) is 20.6 Å². The third-order valence-electron chi connectivity index (χ3n) is 20.9. The summed E-state index contributed by atoms with van der Waals surface area (Å²) < 4.78 is 53.6. The normalized spacial score (nSPS) is 13.0. The number of anilines is 12. The summed E-state index contributed by atoms with van der Waals surface area (Å²) in [6.45, 7) is 0. The van der Waals surface area contributed by atoms with Crippen LogP contribution in [0.15, 0.2) is 426 Å². The van der Waals surface area contributed by atoms with Gasteiger partial charge in [-0.2, -0.15) is 0 Å². The Morgan fingerprint density at radius 3 is 0.839 bits per heavy atom. The number of hydrogen-bond acceptors (Lipinski definition) is 11. The van der Waals surface area contributed by atoms with Crippen LogP contribution in [0.5, 0.6) is 0 Å². The van der Waals surface area contributed by atoms with Gasteiger partial charge in [0.25, 0.3) is 0 Å². The fraction of sp³-hybridized carbons (Fsp3) is 0. The molecule has 2 aliphatic heterocycles. The van der Waals surface area contributed by atoms with E-state index >= 15 is 0 Å². The first-order valence-electron chi connectivity index (χ1n) is 36.7. The summed E-state index contributed by atoms with van der Waals surface area (Å²) in [6.07, 6.45) is 0. The van der Waals surface area contributed by atoms with Crippen LogP contribution in [0.1, 0.15) is 0 Å². The van der Waals surface area contributed by atoms with Crippen molar-refractivity contribution in [1.29, 1.82) is 0 Å². The van der Waals surface area contributed by atoms with Crippen molar-refractivity contribution >= 4 is 137 Å². The summed E-state index contributed by atoms with van der Waals surface area (Å²) >= 11 is 0. The molecule has 0 aliphatic carbocycles. The quantitative estimate of drug-likeness (QED) is 0.0857. The summed E-state index contributed by atoms with van der Waals surface area (Å²) in [4.78, 5) is 38.4. The van der Waals surface area contributed by atoms with Crippen LogP contribution < -0.4 is 30.5 Å². The lowest BCUT2D eigenvalue weighted by atomic mass is 10.0. The Morgan fingerprint density at radius 1 is 0.241 bits per heavy atom. The fourth-order valence-corrected chi connectivity index (χ4v) is 18.9. The maximum absolute atomic E-state index is 14.0. The number of sulfone groups is 1. The van der Waals surface area contributed by atoms with Crippen molar-refractivity contribution in [3.05, 3.63) is 409 Å². The van der Waals surface area contributed by atoms with Crippen LogP contribution in [-0.4, -0.2) is 18.5 Å². The van der Waals surface area contributed by atoms with Gasteiger partial charge < -0.3 is 28.4 Å². The van der Waals surface area contributed by atoms with Gasteiger partial charge in [-0.25, -0.2) is 8.42 Å². The van der Waals surface area contributed by atoms with Gasteiger partial charge in [0.2, 0.25) is 20.7 Å².